The lowest BCUT2D eigenvalue weighted by molar-refractivity contribution is 0.213. The van der Waals surface area contributed by atoms with E-state index >= 15 is 0 Å². The van der Waals surface area contributed by atoms with Crippen molar-refractivity contribution in [1.82, 2.24) is 0 Å². The second kappa shape index (κ2) is 6.59. The van der Waals surface area contributed by atoms with Gasteiger partial charge < -0.3 is 9.57 Å². The second-order valence-corrected chi connectivity index (χ2v) is 4.16. The van der Waals surface area contributed by atoms with Crippen LogP contribution in [0.3, 0.4) is 0 Å². The molecule has 0 aliphatic rings. The molecular weight excluding hydrogens is 238 g/mol. The Morgan fingerprint density at radius 1 is 1.00 bits per heavy atom. The number of benzene rings is 2. The summed E-state index contributed by atoms with van der Waals surface area (Å²) in [7, 11) is 1.54. The molecule has 2 aromatic rings. The van der Waals surface area contributed by atoms with Crippen LogP contribution in [0.15, 0.2) is 59.8 Å². The molecule has 3 nitrogen and oxygen atoms in total. The smallest absolute Gasteiger partial charge is 0.119 e. The molecule has 0 fully saturated rings. The zero-order chi connectivity index (χ0) is 13.5. The maximum atomic E-state index is 5.72. The summed E-state index contributed by atoms with van der Waals surface area (Å²) < 4.78 is 5.72. The van der Waals surface area contributed by atoms with Gasteiger partial charge in [0.2, 0.25) is 0 Å². The first-order chi connectivity index (χ1) is 9.29. The number of hydrogen-bond acceptors (Lipinski definition) is 3. The maximum Gasteiger partial charge on any atom is 0.119 e. The molecule has 0 aromatic heterocycles. The Bertz CT molecular complexity index is 532. The highest BCUT2D eigenvalue weighted by molar-refractivity contribution is 5.98. The molecule has 0 amide bonds. The van der Waals surface area contributed by atoms with E-state index in [4.69, 9.17) is 9.57 Å². The molecule has 0 atom stereocenters. The first-order valence-electron chi connectivity index (χ1n) is 6.14. The third-order valence-electron chi connectivity index (χ3n) is 2.75. The van der Waals surface area contributed by atoms with E-state index < -0.39 is 0 Å². The summed E-state index contributed by atoms with van der Waals surface area (Å²) in [5.41, 5.74) is 3.02. The van der Waals surface area contributed by atoms with Crippen molar-refractivity contribution in [3.63, 3.8) is 0 Å². The standard InChI is InChI=1S/C16H17NO2/c1-13(17-18-2)15-8-10-16(11-9-15)19-12-14-6-4-3-5-7-14/h3-11H,12H2,1-2H3. The SMILES string of the molecule is CON=C(C)c1ccc(OCc2ccccc2)cc1. The lowest BCUT2D eigenvalue weighted by Gasteiger charge is -2.07. The summed E-state index contributed by atoms with van der Waals surface area (Å²) in [5.74, 6) is 0.845. The van der Waals surface area contributed by atoms with E-state index in [0.29, 0.717) is 6.61 Å². The Hall–Kier alpha value is -2.29. The number of hydrogen-bond donors (Lipinski definition) is 0. The van der Waals surface area contributed by atoms with E-state index in [2.05, 4.69) is 5.16 Å². The summed E-state index contributed by atoms with van der Waals surface area (Å²) in [6.45, 7) is 2.48. The fourth-order valence-corrected chi connectivity index (χ4v) is 1.72. The van der Waals surface area contributed by atoms with Gasteiger partial charge in [0, 0.05) is 0 Å². The average Bonchev–Trinajstić information content (AvgIpc) is 2.47. The summed E-state index contributed by atoms with van der Waals surface area (Å²) in [4.78, 5) is 4.75. The van der Waals surface area contributed by atoms with Crippen LogP contribution in [0, 0.1) is 0 Å². The van der Waals surface area contributed by atoms with Crippen molar-refractivity contribution in [1.29, 1.82) is 0 Å². The molecule has 0 saturated heterocycles. The highest BCUT2D eigenvalue weighted by atomic mass is 16.6. The first-order valence-corrected chi connectivity index (χ1v) is 6.14. The zero-order valence-electron chi connectivity index (χ0n) is 11.2. The fraction of sp³-hybridized carbons (Fsp3) is 0.188. The predicted molar refractivity (Wildman–Crippen MR) is 76.4 cm³/mol. The molecule has 19 heavy (non-hydrogen) atoms. The Balaban J connectivity index is 1.97. The summed E-state index contributed by atoms with van der Waals surface area (Å²) >= 11 is 0. The third-order valence-corrected chi connectivity index (χ3v) is 2.75. The minimum absolute atomic E-state index is 0.575. The van der Waals surface area contributed by atoms with Crippen molar-refractivity contribution in [3.8, 4) is 5.75 Å². The molecule has 0 spiro atoms. The van der Waals surface area contributed by atoms with Crippen molar-refractivity contribution >= 4 is 5.71 Å². The molecule has 0 saturated carbocycles. The second-order valence-electron chi connectivity index (χ2n) is 4.16. The van der Waals surface area contributed by atoms with Gasteiger partial charge in [0.1, 0.15) is 19.5 Å². The van der Waals surface area contributed by atoms with Gasteiger partial charge >= 0.3 is 0 Å². The number of nitrogens with zero attached hydrogens (tertiary/aromatic N) is 1. The van der Waals surface area contributed by atoms with Gasteiger partial charge in [-0.1, -0.05) is 35.5 Å². The molecule has 0 unspecified atom stereocenters. The lowest BCUT2D eigenvalue weighted by Crippen LogP contribution is -1.97. The van der Waals surface area contributed by atoms with Crippen LogP contribution in [0.1, 0.15) is 18.1 Å². The van der Waals surface area contributed by atoms with E-state index in [1.54, 1.807) is 7.11 Å². The lowest BCUT2D eigenvalue weighted by atomic mass is 10.1. The number of oxime groups is 1. The van der Waals surface area contributed by atoms with Crippen LogP contribution < -0.4 is 4.74 Å². The van der Waals surface area contributed by atoms with E-state index in [1.807, 2.05) is 61.5 Å². The molecule has 2 rings (SSSR count). The largest absolute Gasteiger partial charge is 0.489 e. The predicted octanol–water partition coefficient (Wildman–Crippen LogP) is 3.64. The maximum absolute atomic E-state index is 5.72. The monoisotopic (exact) mass is 255 g/mol. The highest BCUT2D eigenvalue weighted by Gasteiger charge is 1.99. The van der Waals surface area contributed by atoms with Gasteiger partial charge in [-0.25, -0.2) is 0 Å². The summed E-state index contributed by atoms with van der Waals surface area (Å²) in [6.07, 6.45) is 0. The Kier molecular flexibility index (Phi) is 4.56. The van der Waals surface area contributed by atoms with Crippen molar-refractivity contribution < 1.29 is 9.57 Å². The van der Waals surface area contributed by atoms with Crippen molar-refractivity contribution in [2.24, 2.45) is 5.16 Å². The summed E-state index contributed by atoms with van der Waals surface area (Å²) in [5, 5.41) is 3.89. The van der Waals surface area contributed by atoms with Crippen LogP contribution in [0.5, 0.6) is 5.75 Å². The summed E-state index contributed by atoms with van der Waals surface area (Å²) in [6, 6.07) is 17.9. The van der Waals surface area contributed by atoms with Gasteiger partial charge in [-0.05, 0) is 42.3 Å². The highest BCUT2D eigenvalue weighted by Crippen LogP contribution is 2.14. The molecule has 0 aliphatic heterocycles. The first kappa shape index (κ1) is 13.1. The van der Waals surface area contributed by atoms with E-state index in [9.17, 15) is 0 Å². The zero-order valence-corrected chi connectivity index (χ0v) is 11.2. The topological polar surface area (TPSA) is 30.8 Å². The van der Waals surface area contributed by atoms with E-state index in [1.165, 1.54) is 0 Å². The normalized spacial score (nSPS) is 11.2. The Labute approximate surface area is 113 Å². The minimum Gasteiger partial charge on any atom is -0.489 e. The van der Waals surface area contributed by atoms with Crippen molar-refractivity contribution in [2.45, 2.75) is 13.5 Å². The van der Waals surface area contributed by atoms with Crippen LogP contribution in [0.2, 0.25) is 0 Å². The molecule has 0 radical (unpaired) electrons. The molecule has 0 N–H and O–H groups in total. The van der Waals surface area contributed by atoms with Crippen LogP contribution >= 0.6 is 0 Å². The third kappa shape index (κ3) is 3.85. The molecule has 2 aromatic carbocycles. The number of rotatable bonds is 5. The fourth-order valence-electron chi connectivity index (χ4n) is 1.72. The van der Waals surface area contributed by atoms with Crippen molar-refractivity contribution in [2.75, 3.05) is 7.11 Å². The molecule has 0 heterocycles. The molecular formula is C16H17NO2. The van der Waals surface area contributed by atoms with Gasteiger partial charge in [-0.3, -0.25) is 0 Å². The van der Waals surface area contributed by atoms with Crippen molar-refractivity contribution in [3.05, 3.63) is 65.7 Å². The van der Waals surface area contributed by atoms with Crippen LogP contribution in [0.25, 0.3) is 0 Å². The van der Waals surface area contributed by atoms with Gasteiger partial charge in [0.15, 0.2) is 0 Å². The van der Waals surface area contributed by atoms with E-state index in [0.717, 1.165) is 22.6 Å². The van der Waals surface area contributed by atoms with Gasteiger partial charge in [-0.2, -0.15) is 0 Å². The average molecular weight is 255 g/mol. The van der Waals surface area contributed by atoms with Crippen LogP contribution in [-0.2, 0) is 11.4 Å². The van der Waals surface area contributed by atoms with Crippen LogP contribution in [0.4, 0.5) is 0 Å². The van der Waals surface area contributed by atoms with E-state index in [-0.39, 0.29) is 0 Å². The molecule has 98 valence electrons. The Morgan fingerprint density at radius 2 is 1.68 bits per heavy atom. The minimum atomic E-state index is 0.575. The Morgan fingerprint density at radius 3 is 2.32 bits per heavy atom. The van der Waals surface area contributed by atoms with Crippen LogP contribution in [-0.4, -0.2) is 12.8 Å². The van der Waals surface area contributed by atoms with Gasteiger partial charge in [-0.15, -0.1) is 0 Å². The molecule has 0 bridgehead atoms. The van der Waals surface area contributed by atoms with Gasteiger partial charge in [0.25, 0.3) is 0 Å². The number of ether oxygens (including phenoxy) is 1. The quantitative estimate of drug-likeness (QED) is 0.603. The molecule has 3 heteroatoms. The molecule has 0 aliphatic carbocycles. The van der Waals surface area contributed by atoms with Gasteiger partial charge in [0.05, 0.1) is 5.71 Å².